The van der Waals surface area contributed by atoms with Gasteiger partial charge in [-0.3, -0.25) is 19.3 Å². The minimum Gasteiger partial charge on any atom is -0.464 e. The van der Waals surface area contributed by atoms with Crippen molar-refractivity contribution in [3.05, 3.63) is 70.2 Å². The zero-order valence-corrected chi connectivity index (χ0v) is 14.2. The first kappa shape index (κ1) is 17.2. The van der Waals surface area contributed by atoms with E-state index in [0.717, 1.165) is 10.5 Å². The summed E-state index contributed by atoms with van der Waals surface area (Å²) in [6.07, 6.45) is 0.771. The highest BCUT2D eigenvalue weighted by atomic mass is 35.5. The van der Waals surface area contributed by atoms with Crippen molar-refractivity contribution >= 4 is 29.4 Å². The van der Waals surface area contributed by atoms with Gasteiger partial charge in [0, 0.05) is 11.4 Å². The maximum atomic E-state index is 12.2. The van der Waals surface area contributed by atoms with Gasteiger partial charge in [-0.2, -0.15) is 0 Å². The maximum absolute atomic E-state index is 12.2. The van der Waals surface area contributed by atoms with Gasteiger partial charge in [-0.1, -0.05) is 35.9 Å². The molecule has 1 aliphatic heterocycles. The molecule has 0 bridgehead atoms. The van der Waals surface area contributed by atoms with Gasteiger partial charge in [0.1, 0.15) is 6.61 Å². The number of rotatable bonds is 6. The third kappa shape index (κ3) is 3.88. The first-order valence-corrected chi connectivity index (χ1v) is 8.29. The summed E-state index contributed by atoms with van der Waals surface area (Å²) < 4.78 is 5.13. The summed E-state index contributed by atoms with van der Waals surface area (Å²) in [4.78, 5) is 37.3. The molecule has 6 heteroatoms. The molecule has 0 fully saturated rings. The van der Waals surface area contributed by atoms with E-state index in [0.29, 0.717) is 22.6 Å². The number of amides is 2. The Morgan fingerprint density at radius 2 is 1.56 bits per heavy atom. The van der Waals surface area contributed by atoms with Crippen molar-refractivity contribution in [1.29, 1.82) is 0 Å². The molecule has 0 atom stereocenters. The highest BCUT2D eigenvalue weighted by Gasteiger charge is 2.34. The molecule has 2 aromatic rings. The van der Waals surface area contributed by atoms with Crippen LogP contribution in [0.1, 0.15) is 32.7 Å². The summed E-state index contributed by atoms with van der Waals surface area (Å²) in [7, 11) is 0. The lowest BCUT2D eigenvalue weighted by Gasteiger charge is -2.13. The van der Waals surface area contributed by atoms with Crippen LogP contribution in [0.25, 0.3) is 0 Å². The van der Waals surface area contributed by atoms with Crippen molar-refractivity contribution in [2.75, 3.05) is 13.2 Å². The van der Waals surface area contributed by atoms with Crippen molar-refractivity contribution in [2.24, 2.45) is 0 Å². The van der Waals surface area contributed by atoms with Gasteiger partial charge < -0.3 is 4.74 Å². The Bertz CT molecular complexity index is 781. The summed E-state index contributed by atoms with van der Waals surface area (Å²) >= 11 is 5.81. The number of carbonyl (C=O) groups is 3. The highest BCUT2D eigenvalue weighted by Crippen LogP contribution is 2.21. The molecule has 3 rings (SSSR count). The Balaban J connectivity index is 1.45. The summed E-state index contributed by atoms with van der Waals surface area (Å²) in [5.74, 6) is -1.07. The monoisotopic (exact) mass is 357 g/mol. The molecular formula is C19H16ClNO4. The lowest BCUT2D eigenvalue weighted by molar-refractivity contribution is -0.143. The number of benzene rings is 2. The Kier molecular flexibility index (Phi) is 5.14. The van der Waals surface area contributed by atoms with E-state index in [2.05, 4.69) is 0 Å². The van der Waals surface area contributed by atoms with Crippen LogP contribution in [0.5, 0.6) is 0 Å². The fraction of sp³-hybridized carbons (Fsp3) is 0.211. The normalized spacial score (nSPS) is 13.1. The van der Waals surface area contributed by atoms with E-state index in [1.54, 1.807) is 36.4 Å². The molecular weight excluding hydrogens is 342 g/mol. The van der Waals surface area contributed by atoms with Crippen LogP contribution in [0.3, 0.4) is 0 Å². The Morgan fingerprint density at radius 1 is 0.960 bits per heavy atom. The number of fused-ring (bicyclic) bond motifs is 1. The number of aryl methyl sites for hydroxylation is 1. The topological polar surface area (TPSA) is 63.7 Å². The van der Waals surface area contributed by atoms with Crippen LogP contribution in [0.4, 0.5) is 0 Å². The van der Waals surface area contributed by atoms with Crippen LogP contribution in [-0.4, -0.2) is 35.8 Å². The van der Waals surface area contributed by atoms with E-state index in [4.69, 9.17) is 16.3 Å². The summed E-state index contributed by atoms with van der Waals surface area (Å²) in [6, 6.07) is 13.9. The first-order chi connectivity index (χ1) is 12.1. The Morgan fingerprint density at radius 3 is 2.16 bits per heavy atom. The van der Waals surface area contributed by atoms with Crippen LogP contribution < -0.4 is 0 Å². The predicted octanol–water partition coefficient (Wildman–Crippen LogP) is 3.11. The van der Waals surface area contributed by atoms with Crippen molar-refractivity contribution in [1.82, 2.24) is 4.90 Å². The molecule has 5 nitrogen and oxygen atoms in total. The molecule has 0 saturated carbocycles. The van der Waals surface area contributed by atoms with Crippen LogP contribution in [0.2, 0.25) is 5.02 Å². The van der Waals surface area contributed by atoms with Gasteiger partial charge in [0.05, 0.1) is 17.7 Å². The molecule has 0 unspecified atom stereocenters. The molecule has 0 radical (unpaired) electrons. The van der Waals surface area contributed by atoms with Gasteiger partial charge in [0.25, 0.3) is 11.8 Å². The average Bonchev–Trinajstić information content (AvgIpc) is 2.86. The number of carbonyl (C=O) groups excluding carboxylic acids is 3. The lowest BCUT2D eigenvalue weighted by Crippen LogP contribution is -2.33. The van der Waals surface area contributed by atoms with E-state index in [1.807, 2.05) is 12.1 Å². The lowest BCUT2D eigenvalue weighted by atomic mass is 10.1. The molecule has 0 N–H and O–H groups in total. The van der Waals surface area contributed by atoms with Crippen LogP contribution in [-0.2, 0) is 16.0 Å². The molecule has 1 aliphatic rings. The largest absolute Gasteiger partial charge is 0.464 e. The second-order valence-electron chi connectivity index (χ2n) is 5.65. The van der Waals surface area contributed by atoms with Gasteiger partial charge >= 0.3 is 5.97 Å². The number of imide groups is 1. The second-order valence-corrected chi connectivity index (χ2v) is 6.09. The molecule has 2 amide bonds. The van der Waals surface area contributed by atoms with Gasteiger partial charge in [-0.05, 0) is 36.2 Å². The molecule has 25 heavy (non-hydrogen) atoms. The fourth-order valence-electron chi connectivity index (χ4n) is 2.66. The van der Waals surface area contributed by atoms with Gasteiger partial charge in [-0.15, -0.1) is 0 Å². The van der Waals surface area contributed by atoms with Crippen LogP contribution in [0.15, 0.2) is 48.5 Å². The molecule has 0 saturated heterocycles. The maximum Gasteiger partial charge on any atom is 0.306 e. The van der Waals surface area contributed by atoms with E-state index < -0.39 is 0 Å². The number of esters is 1. The predicted molar refractivity (Wildman–Crippen MR) is 92.5 cm³/mol. The molecule has 2 aromatic carbocycles. The third-order valence-corrected chi connectivity index (χ3v) is 4.24. The third-order valence-electron chi connectivity index (χ3n) is 3.99. The fourth-order valence-corrected chi connectivity index (χ4v) is 2.79. The van der Waals surface area contributed by atoms with Crippen LogP contribution in [0, 0.1) is 0 Å². The van der Waals surface area contributed by atoms with Gasteiger partial charge in [-0.25, -0.2) is 0 Å². The van der Waals surface area contributed by atoms with Crippen molar-refractivity contribution < 1.29 is 19.1 Å². The Hall–Kier alpha value is -2.66. The summed E-state index contributed by atoms with van der Waals surface area (Å²) in [6.45, 7) is 0.0456. The first-order valence-electron chi connectivity index (χ1n) is 7.91. The SMILES string of the molecule is O=C(CCc1ccc(Cl)cc1)OCCN1C(=O)c2ccccc2C1=O. The van der Waals surface area contributed by atoms with Crippen LogP contribution >= 0.6 is 11.6 Å². The van der Waals surface area contributed by atoms with E-state index in [9.17, 15) is 14.4 Å². The molecule has 1 heterocycles. The van der Waals surface area contributed by atoms with Gasteiger partial charge in [0.15, 0.2) is 0 Å². The minimum atomic E-state index is -0.369. The minimum absolute atomic E-state index is 0.00901. The van der Waals surface area contributed by atoms with E-state index >= 15 is 0 Å². The molecule has 0 spiro atoms. The standard InChI is InChI=1S/C19H16ClNO4/c20-14-8-5-13(6-9-14)7-10-17(22)25-12-11-21-18(23)15-3-1-2-4-16(15)19(21)24/h1-6,8-9H,7,10-12H2. The van der Waals surface area contributed by atoms with Gasteiger partial charge in [0.2, 0.25) is 0 Å². The smallest absolute Gasteiger partial charge is 0.306 e. The van der Waals surface area contributed by atoms with E-state index in [1.165, 1.54) is 0 Å². The summed E-state index contributed by atoms with van der Waals surface area (Å²) in [5, 5.41) is 0.646. The number of hydrogen-bond donors (Lipinski definition) is 0. The number of halogens is 1. The zero-order chi connectivity index (χ0) is 17.8. The Labute approximate surface area is 150 Å². The highest BCUT2D eigenvalue weighted by molar-refractivity contribution is 6.30. The van der Waals surface area contributed by atoms with E-state index in [-0.39, 0.29) is 37.4 Å². The number of ether oxygens (including phenoxy) is 1. The number of hydrogen-bond acceptors (Lipinski definition) is 4. The molecule has 0 aliphatic carbocycles. The quantitative estimate of drug-likeness (QED) is 0.588. The molecule has 128 valence electrons. The van der Waals surface area contributed by atoms with Crippen molar-refractivity contribution in [3.8, 4) is 0 Å². The zero-order valence-electron chi connectivity index (χ0n) is 13.4. The second kappa shape index (κ2) is 7.49. The average molecular weight is 358 g/mol. The molecule has 0 aromatic heterocycles. The summed E-state index contributed by atoms with van der Waals surface area (Å²) in [5.41, 5.74) is 1.77. The van der Waals surface area contributed by atoms with Crippen molar-refractivity contribution in [2.45, 2.75) is 12.8 Å². The number of nitrogens with zero attached hydrogens (tertiary/aromatic N) is 1. The van der Waals surface area contributed by atoms with Crippen molar-refractivity contribution in [3.63, 3.8) is 0 Å².